The van der Waals surface area contributed by atoms with Gasteiger partial charge in [-0.2, -0.15) is 0 Å². The quantitative estimate of drug-likeness (QED) is 0.696. The third-order valence-electron chi connectivity index (χ3n) is 3.47. The fourth-order valence-electron chi connectivity index (χ4n) is 2.17. The first-order valence-corrected chi connectivity index (χ1v) is 6.74. The predicted molar refractivity (Wildman–Crippen MR) is 86.1 cm³/mol. The van der Waals surface area contributed by atoms with Gasteiger partial charge in [0.15, 0.2) is 0 Å². The van der Waals surface area contributed by atoms with Crippen LogP contribution in [0, 0.1) is 5.92 Å². The van der Waals surface area contributed by atoms with Crippen molar-refractivity contribution in [1.82, 2.24) is 5.32 Å². The summed E-state index contributed by atoms with van der Waals surface area (Å²) in [6, 6.07) is 0. The van der Waals surface area contributed by atoms with E-state index in [1.807, 2.05) is 12.2 Å². The molecule has 1 aliphatic rings. The van der Waals surface area contributed by atoms with Gasteiger partial charge in [0.25, 0.3) is 0 Å². The summed E-state index contributed by atoms with van der Waals surface area (Å²) in [4.78, 5) is 0. The Hall–Kier alpha value is -1.60. The number of nitrogens with one attached hydrogen (secondary N) is 1. The van der Waals surface area contributed by atoms with Crippen LogP contribution in [-0.4, -0.2) is 12.1 Å². The minimum atomic E-state index is -0.0192. The average molecular weight is 255 g/mol. The molecule has 0 saturated heterocycles. The van der Waals surface area contributed by atoms with Crippen LogP contribution in [0.4, 0.5) is 0 Å². The van der Waals surface area contributed by atoms with Crippen LogP contribution in [0.25, 0.3) is 0 Å². The van der Waals surface area contributed by atoms with E-state index >= 15 is 0 Å². The summed E-state index contributed by atoms with van der Waals surface area (Å²) in [5, 5.41) is 3.62. The van der Waals surface area contributed by atoms with E-state index in [2.05, 4.69) is 69.6 Å². The fourth-order valence-corrected chi connectivity index (χ4v) is 2.17. The molecule has 19 heavy (non-hydrogen) atoms. The molecule has 0 amide bonds. The lowest BCUT2D eigenvalue weighted by atomic mass is 9.80. The van der Waals surface area contributed by atoms with Crippen LogP contribution in [0.5, 0.6) is 0 Å². The van der Waals surface area contributed by atoms with E-state index in [0.29, 0.717) is 5.92 Å². The molecule has 1 nitrogen and oxygen atoms in total. The van der Waals surface area contributed by atoms with Gasteiger partial charge in [0.1, 0.15) is 0 Å². The van der Waals surface area contributed by atoms with Gasteiger partial charge in [0.05, 0.1) is 0 Å². The van der Waals surface area contributed by atoms with Crippen LogP contribution >= 0.6 is 0 Å². The number of hydrogen-bond donors (Lipinski definition) is 1. The summed E-state index contributed by atoms with van der Waals surface area (Å²) >= 11 is 0. The topological polar surface area (TPSA) is 12.0 Å². The van der Waals surface area contributed by atoms with Crippen molar-refractivity contribution in [1.29, 1.82) is 0 Å². The minimum absolute atomic E-state index is 0.0192. The smallest absolute Gasteiger partial charge is 0.0231 e. The van der Waals surface area contributed by atoms with Crippen molar-refractivity contribution in [3.05, 3.63) is 72.9 Å². The molecule has 0 aromatic heterocycles. The maximum atomic E-state index is 4.14. The lowest BCUT2D eigenvalue weighted by molar-refractivity contribution is 0.341. The van der Waals surface area contributed by atoms with Crippen molar-refractivity contribution >= 4 is 0 Å². The van der Waals surface area contributed by atoms with Gasteiger partial charge in [-0.1, -0.05) is 61.8 Å². The standard InChI is InChI=1S/C18H25N/c1-6-8-12-16(7-2)14-19-18(4,5)17-13-10-9-11-15(17)3/h6-13,17,19H,1,3,14H2,2,4-5H3/b12-8-,16-7+. The zero-order valence-electron chi connectivity index (χ0n) is 12.3. The highest BCUT2D eigenvalue weighted by Gasteiger charge is 2.28. The van der Waals surface area contributed by atoms with Gasteiger partial charge in [-0.3, -0.25) is 0 Å². The summed E-state index contributed by atoms with van der Waals surface area (Å²) < 4.78 is 0. The Morgan fingerprint density at radius 2 is 2.16 bits per heavy atom. The second kappa shape index (κ2) is 7.10. The molecule has 1 unspecified atom stereocenters. The zero-order chi connectivity index (χ0) is 14.3. The van der Waals surface area contributed by atoms with Crippen LogP contribution in [0.15, 0.2) is 72.9 Å². The Morgan fingerprint density at radius 1 is 1.42 bits per heavy atom. The summed E-state index contributed by atoms with van der Waals surface area (Å²) in [5.41, 5.74) is 2.40. The first-order valence-electron chi connectivity index (χ1n) is 6.74. The molecule has 0 fully saturated rings. The van der Waals surface area contributed by atoms with Crippen molar-refractivity contribution in [3.8, 4) is 0 Å². The molecule has 1 atom stereocenters. The maximum Gasteiger partial charge on any atom is 0.0231 e. The summed E-state index contributed by atoms with van der Waals surface area (Å²) in [7, 11) is 0. The van der Waals surface area contributed by atoms with Crippen LogP contribution < -0.4 is 5.32 Å². The normalized spacial score (nSPS) is 20.3. The lowest BCUT2D eigenvalue weighted by Gasteiger charge is -2.35. The molecule has 1 rings (SSSR count). The lowest BCUT2D eigenvalue weighted by Crippen LogP contribution is -2.46. The molecule has 102 valence electrons. The Bertz CT molecular complexity index is 444. The van der Waals surface area contributed by atoms with Gasteiger partial charge in [-0.25, -0.2) is 0 Å². The van der Waals surface area contributed by atoms with Gasteiger partial charge in [-0.15, -0.1) is 0 Å². The van der Waals surface area contributed by atoms with E-state index < -0.39 is 0 Å². The molecule has 0 aromatic rings. The first-order chi connectivity index (χ1) is 9.01. The molecule has 0 bridgehead atoms. The third-order valence-corrected chi connectivity index (χ3v) is 3.47. The summed E-state index contributed by atoms with van der Waals surface area (Å²) in [6.07, 6.45) is 16.4. The molecule has 0 aliphatic heterocycles. The molecule has 0 spiro atoms. The molecule has 0 heterocycles. The number of hydrogen-bond acceptors (Lipinski definition) is 1. The van der Waals surface area contributed by atoms with Crippen molar-refractivity contribution in [2.45, 2.75) is 26.3 Å². The zero-order valence-corrected chi connectivity index (χ0v) is 12.3. The van der Waals surface area contributed by atoms with Crippen molar-refractivity contribution in [2.24, 2.45) is 5.92 Å². The Kier molecular flexibility index (Phi) is 5.78. The van der Waals surface area contributed by atoms with Gasteiger partial charge >= 0.3 is 0 Å². The second-order valence-electron chi connectivity index (χ2n) is 5.33. The molecule has 1 N–H and O–H groups in total. The van der Waals surface area contributed by atoms with Crippen molar-refractivity contribution in [3.63, 3.8) is 0 Å². The average Bonchev–Trinajstić information content (AvgIpc) is 2.39. The van der Waals surface area contributed by atoms with E-state index in [9.17, 15) is 0 Å². The van der Waals surface area contributed by atoms with E-state index in [4.69, 9.17) is 0 Å². The fraction of sp³-hybridized carbons (Fsp3) is 0.333. The highest BCUT2D eigenvalue weighted by molar-refractivity contribution is 5.34. The minimum Gasteiger partial charge on any atom is -0.307 e. The van der Waals surface area contributed by atoms with Gasteiger partial charge in [0.2, 0.25) is 0 Å². The predicted octanol–water partition coefficient (Wildman–Crippen LogP) is 4.34. The number of allylic oxidation sites excluding steroid dienone is 6. The SMILES string of the molecule is C=C/C=C\C(=C/C)CNC(C)(C)C1C=CC=CC1=C. The summed E-state index contributed by atoms with van der Waals surface area (Å²) in [5.74, 6) is 0.332. The van der Waals surface area contributed by atoms with E-state index in [1.165, 1.54) is 5.57 Å². The third kappa shape index (κ3) is 4.53. The van der Waals surface area contributed by atoms with Crippen molar-refractivity contribution < 1.29 is 0 Å². The molecule has 1 aliphatic carbocycles. The van der Waals surface area contributed by atoms with Crippen LogP contribution in [-0.2, 0) is 0 Å². The van der Waals surface area contributed by atoms with Crippen LogP contribution in [0.2, 0.25) is 0 Å². The van der Waals surface area contributed by atoms with Crippen LogP contribution in [0.3, 0.4) is 0 Å². The molecular formula is C18H25N. The Labute approximate surface area is 117 Å². The highest BCUT2D eigenvalue weighted by Crippen LogP contribution is 2.28. The van der Waals surface area contributed by atoms with Gasteiger partial charge < -0.3 is 5.32 Å². The van der Waals surface area contributed by atoms with E-state index in [-0.39, 0.29) is 5.54 Å². The highest BCUT2D eigenvalue weighted by atomic mass is 15.0. The molecule has 0 radical (unpaired) electrons. The van der Waals surface area contributed by atoms with Gasteiger partial charge in [-0.05, 0) is 31.9 Å². The van der Waals surface area contributed by atoms with Crippen molar-refractivity contribution in [2.75, 3.05) is 6.54 Å². The maximum absolute atomic E-state index is 4.14. The molecule has 0 saturated carbocycles. The largest absolute Gasteiger partial charge is 0.307 e. The van der Waals surface area contributed by atoms with Gasteiger partial charge in [0, 0.05) is 18.0 Å². The molecule has 1 heteroatoms. The first kappa shape index (κ1) is 15.5. The molecule has 0 aromatic carbocycles. The number of rotatable bonds is 6. The monoisotopic (exact) mass is 255 g/mol. The Morgan fingerprint density at radius 3 is 2.74 bits per heavy atom. The molecular weight excluding hydrogens is 230 g/mol. The van der Waals surface area contributed by atoms with Crippen LogP contribution in [0.1, 0.15) is 20.8 Å². The summed E-state index contributed by atoms with van der Waals surface area (Å²) in [6.45, 7) is 15.2. The second-order valence-corrected chi connectivity index (χ2v) is 5.33. The van der Waals surface area contributed by atoms with E-state index in [0.717, 1.165) is 12.1 Å². The Balaban J connectivity index is 2.67. The van der Waals surface area contributed by atoms with E-state index in [1.54, 1.807) is 6.08 Å².